The van der Waals surface area contributed by atoms with E-state index in [4.69, 9.17) is 4.74 Å². The smallest absolute Gasteiger partial charge is 0.0638 e. The summed E-state index contributed by atoms with van der Waals surface area (Å²) in [5.74, 6) is 0.723. The van der Waals surface area contributed by atoms with Crippen molar-refractivity contribution >= 4 is 0 Å². The van der Waals surface area contributed by atoms with Gasteiger partial charge in [0.2, 0.25) is 0 Å². The molecule has 0 atom stereocenters. The van der Waals surface area contributed by atoms with Gasteiger partial charge in [0.1, 0.15) is 0 Å². The molecule has 0 aliphatic carbocycles. The van der Waals surface area contributed by atoms with Crippen LogP contribution in [0.5, 0.6) is 0 Å². The highest BCUT2D eigenvalue weighted by molar-refractivity contribution is 4.77. The number of ether oxygens (including phenoxy) is 1. The zero-order valence-corrected chi connectivity index (χ0v) is 17.6. The second kappa shape index (κ2) is 10.0. The standard InChI is InChI=1S/C21H45NO/c1-18(2)11-16-23-21(8,9)13-15-22-14-10-12-20(6,7)17-19(3,4)5/h18,22H,10-17H2,1-9H3. The molecule has 0 bridgehead atoms. The molecule has 0 amide bonds. The summed E-state index contributed by atoms with van der Waals surface area (Å²) in [6.07, 6.45) is 6.08. The molecule has 0 saturated heterocycles. The van der Waals surface area contributed by atoms with Crippen LogP contribution in [0.1, 0.15) is 94.4 Å². The van der Waals surface area contributed by atoms with E-state index in [1.807, 2.05) is 0 Å². The molecule has 0 aromatic carbocycles. The molecule has 0 heterocycles. The first-order chi connectivity index (χ1) is 10.3. The van der Waals surface area contributed by atoms with E-state index < -0.39 is 0 Å². The molecule has 23 heavy (non-hydrogen) atoms. The number of hydrogen-bond acceptors (Lipinski definition) is 2. The second-order valence-corrected chi connectivity index (χ2v) is 10.3. The summed E-state index contributed by atoms with van der Waals surface area (Å²) in [6, 6.07) is 0. The van der Waals surface area contributed by atoms with Crippen molar-refractivity contribution in [3.8, 4) is 0 Å². The molecule has 140 valence electrons. The van der Waals surface area contributed by atoms with Crippen molar-refractivity contribution in [2.75, 3.05) is 19.7 Å². The first-order valence-corrected chi connectivity index (χ1v) is 9.68. The summed E-state index contributed by atoms with van der Waals surface area (Å²) < 4.78 is 6.02. The highest BCUT2D eigenvalue weighted by Gasteiger charge is 2.24. The lowest BCUT2D eigenvalue weighted by atomic mass is 9.74. The Morgan fingerprint density at radius 3 is 2.00 bits per heavy atom. The van der Waals surface area contributed by atoms with Crippen molar-refractivity contribution in [3.05, 3.63) is 0 Å². The Hall–Kier alpha value is -0.0800. The number of nitrogens with one attached hydrogen (secondary N) is 1. The van der Waals surface area contributed by atoms with Gasteiger partial charge in [0.15, 0.2) is 0 Å². The second-order valence-electron chi connectivity index (χ2n) is 10.3. The van der Waals surface area contributed by atoms with Crippen molar-refractivity contribution < 1.29 is 4.74 Å². The van der Waals surface area contributed by atoms with E-state index in [1.165, 1.54) is 19.3 Å². The number of hydrogen-bond donors (Lipinski definition) is 1. The van der Waals surface area contributed by atoms with Crippen molar-refractivity contribution in [1.29, 1.82) is 0 Å². The lowest BCUT2D eigenvalue weighted by molar-refractivity contribution is -0.0272. The van der Waals surface area contributed by atoms with Gasteiger partial charge in [0.05, 0.1) is 5.60 Å². The Morgan fingerprint density at radius 1 is 0.870 bits per heavy atom. The first-order valence-electron chi connectivity index (χ1n) is 9.68. The molecule has 0 aliphatic rings. The van der Waals surface area contributed by atoms with E-state index in [9.17, 15) is 0 Å². The fourth-order valence-corrected chi connectivity index (χ4v) is 3.37. The van der Waals surface area contributed by atoms with E-state index in [-0.39, 0.29) is 5.60 Å². The summed E-state index contributed by atoms with van der Waals surface area (Å²) in [7, 11) is 0. The summed E-state index contributed by atoms with van der Waals surface area (Å²) in [5.41, 5.74) is 0.862. The molecule has 0 aromatic rings. The monoisotopic (exact) mass is 327 g/mol. The summed E-state index contributed by atoms with van der Waals surface area (Å²) in [6.45, 7) is 23.8. The van der Waals surface area contributed by atoms with E-state index >= 15 is 0 Å². The zero-order valence-electron chi connectivity index (χ0n) is 17.6. The predicted octanol–water partition coefficient (Wildman–Crippen LogP) is 6.05. The van der Waals surface area contributed by atoms with Gasteiger partial charge in [-0.15, -0.1) is 0 Å². The zero-order chi connectivity index (χ0) is 18.1. The molecule has 0 aromatic heterocycles. The van der Waals surface area contributed by atoms with Gasteiger partial charge < -0.3 is 10.1 Å². The minimum atomic E-state index is -0.00655. The van der Waals surface area contributed by atoms with Crippen LogP contribution in [0.25, 0.3) is 0 Å². The van der Waals surface area contributed by atoms with E-state index in [0.717, 1.165) is 38.5 Å². The molecule has 0 radical (unpaired) electrons. The summed E-state index contributed by atoms with van der Waals surface area (Å²) in [5, 5.41) is 3.60. The van der Waals surface area contributed by atoms with Crippen LogP contribution in [-0.4, -0.2) is 25.3 Å². The van der Waals surface area contributed by atoms with Crippen molar-refractivity contribution in [2.45, 2.75) is 100 Å². The van der Waals surface area contributed by atoms with Crippen LogP contribution in [0, 0.1) is 16.7 Å². The van der Waals surface area contributed by atoms with E-state index in [1.54, 1.807) is 0 Å². The fraction of sp³-hybridized carbons (Fsp3) is 1.00. The van der Waals surface area contributed by atoms with E-state index in [0.29, 0.717) is 10.8 Å². The Labute approximate surface area is 147 Å². The lowest BCUT2D eigenvalue weighted by Gasteiger charge is -2.32. The van der Waals surface area contributed by atoms with Crippen LogP contribution < -0.4 is 5.32 Å². The van der Waals surface area contributed by atoms with Gasteiger partial charge in [0, 0.05) is 6.61 Å². The average Bonchev–Trinajstić information content (AvgIpc) is 2.29. The molecule has 0 aliphatic heterocycles. The molecule has 0 unspecified atom stereocenters. The third kappa shape index (κ3) is 15.2. The quantitative estimate of drug-likeness (QED) is 0.440. The molecule has 1 N–H and O–H groups in total. The normalized spacial score (nSPS) is 13.8. The molecule has 2 heteroatoms. The van der Waals surface area contributed by atoms with Crippen molar-refractivity contribution in [2.24, 2.45) is 16.7 Å². The Balaban J connectivity index is 3.76. The van der Waals surface area contributed by atoms with Crippen LogP contribution in [0.15, 0.2) is 0 Å². The van der Waals surface area contributed by atoms with Crippen LogP contribution in [0.3, 0.4) is 0 Å². The highest BCUT2D eigenvalue weighted by Crippen LogP contribution is 2.36. The largest absolute Gasteiger partial charge is 0.376 e. The van der Waals surface area contributed by atoms with Crippen LogP contribution in [-0.2, 0) is 4.74 Å². The molecule has 2 nitrogen and oxygen atoms in total. The molecular formula is C21H45NO. The fourth-order valence-electron chi connectivity index (χ4n) is 3.37. The summed E-state index contributed by atoms with van der Waals surface area (Å²) in [4.78, 5) is 0. The lowest BCUT2D eigenvalue weighted by Crippen LogP contribution is -2.31. The SMILES string of the molecule is CC(C)CCOC(C)(C)CCNCCCC(C)(C)CC(C)(C)C. The third-order valence-electron chi connectivity index (χ3n) is 4.31. The van der Waals surface area contributed by atoms with Crippen molar-refractivity contribution in [3.63, 3.8) is 0 Å². The van der Waals surface area contributed by atoms with Crippen LogP contribution in [0.4, 0.5) is 0 Å². The van der Waals surface area contributed by atoms with E-state index in [2.05, 4.69) is 67.6 Å². The van der Waals surface area contributed by atoms with Gasteiger partial charge in [-0.1, -0.05) is 48.5 Å². The first kappa shape index (κ1) is 22.9. The third-order valence-corrected chi connectivity index (χ3v) is 4.31. The predicted molar refractivity (Wildman–Crippen MR) is 104 cm³/mol. The summed E-state index contributed by atoms with van der Waals surface area (Å²) >= 11 is 0. The average molecular weight is 328 g/mol. The topological polar surface area (TPSA) is 21.3 Å². The Morgan fingerprint density at radius 2 is 1.48 bits per heavy atom. The van der Waals surface area contributed by atoms with Gasteiger partial charge in [-0.2, -0.15) is 0 Å². The van der Waals surface area contributed by atoms with Gasteiger partial charge >= 0.3 is 0 Å². The van der Waals surface area contributed by atoms with Crippen LogP contribution >= 0.6 is 0 Å². The Bertz CT molecular complexity index is 299. The minimum Gasteiger partial charge on any atom is -0.376 e. The maximum Gasteiger partial charge on any atom is 0.0638 e. The molecular weight excluding hydrogens is 282 g/mol. The Kier molecular flexibility index (Phi) is 10.00. The van der Waals surface area contributed by atoms with Gasteiger partial charge in [-0.3, -0.25) is 0 Å². The molecule has 0 fully saturated rings. The van der Waals surface area contributed by atoms with Crippen molar-refractivity contribution in [1.82, 2.24) is 5.32 Å². The highest BCUT2D eigenvalue weighted by atomic mass is 16.5. The maximum absolute atomic E-state index is 6.02. The molecule has 0 spiro atoms. The van der Waals surface area contributed by atoms with Gasteiger partial charge in [0.25, 0.3) is 0 Å². The molecule has 0 saturated carbocycles. The molecule has 0 rings (SSSR count). The van der Waals surface area contributed by atoms with Gasteiger partial charge in [-0.25, -0.2) is 0 Å². The number of rotatable bonds is 12. The minimum absolute atomic E-state index is 0.00655. The van der Waals surface area contributed by atoms with Crippen LogP contribution in [0.2, 0.25) is 0 Å². The maximum atomic E-state index is 6.02. The van der Waals surface area contributed by atoms with Gasteiger partial charge in [-0.05, 0) is 75.8 Å².